The van der Waals surface area contributed by atoms with Crippen LogP contribution in [0.4, 0.5) is 0 Å². The first-order valence-corrected chi connectivity index (χ1v) is 7.98. The van der Waals surface area contributed by atoms with Crippen LogP contribution in [0.25, 0.3) is 0 Å². The minimum Gasteiger partial charge on any atom is -0.493 e. The fourth-order valence-electron chi connectivity index (χ4n) is 2.26. The lowest BCUT2D eigenvalue weighted by atomic mass is 10.1. The monoisotopic (exact) mass is 345 g/mol. The number of carbonyl (C=O) groups excluding carboxylic acids is 1. The molecule has 1 amide bonds. The van der Waals surface area contributed by atoms with Gasteiger partial charge in [-0.15, -0.1) is 0 Å². The molecule has 0 aliphatic rings. The number of amides is 1. The van der Waals surface area contributed by atoms with Crippen LogP contribution in [-0.2, 0) is 4.79 Å². The van der Waals surface area contributed by atoms with Crippen molar-refractivity contribution < 1.29 is 24.1 Å². The normalized spacial score (nSPS) is 11.5. The average molecular weight is 345 g/mol. The van der Waals surface area contributed by atoms with Crippen molar-refractivity contribution in [1.29, 1.82) is 0 Å². The van der Waals surface area contributed by atoms with Crippen molar-refractivity contribution in [2.45, 2.75) is 12.5 Å². The van der Waals surface area contributed by atoms with Gasteiger partial charge in [0.2, 0.25) is 5.91 Å². The number of hydrogen-bond donors (Lipinski definition) is 2. The van der Waals surface area contributed by atoms with E-state index in [0.29, 0.717) is 17.1 Å². The molecule has 0 spiro atoms. The van der Waals surface area contributed by atoms with Gasteiger partial charge in [-0.1, -0.05) is 24.3 Å². The molecule has 0 saturated carbocycles. The molecule has 6 heteroatoms. The number of benzene rings is 2. The highest BCUT2D eigenvalue weighted by molar-refractivity contribution is 5.76. The van der Waals surface area contributed by atoms with Crippen LogP contribution in [0.2, 0.25) is 0 Å². The molecule has 0 aliphatic carbocycles. The van der Waals surface area contributed by atoms with Crippen LogP contribution in [-0.4, -0.2) is 38.4 Å². The second-order valence-electron chi connectivity index (χ2n) is 5.35. The van der Waals surface area contributed by atoms with Gasteiger partial charge in [-0.25, -0.2) is 0 Å². The standard InChI is InChI=1S/C19H23NO5/c1-23-17-9-8-14(12-18(17)24-2)16(21)13-20-19(22)10-11-25-15-6-4-3-5-7-15/h3-9,12,16,21H,10-11,13H2,1-2H3,(H,20,22). The van der Waals surface area contributed by atoms with E-state index in [9.17, 15) is 9.90 Å². The van der Waals surface area contributed by atoms with Crippen LogP contribution in [0.15, 0.2) is 48.5 Å². The first kappa shape index (κ1) is 18.6. The van der Waals surface area contributed by atoms with Gasteiger partial charge >= 0.3 is 0 Å². The molecule has 2 N–H and O–H groups in total. The van der Waals surface area contributed by atoms with E-state index < -0.39 is 6.10 Å². The fraction of sp³-hybridized carbons (Fsp3) is 0.316. The Morgan fingerprint density at radius 2 is 1.80 bits per heavy atom. The molecule has 0 radical (unpaired) electrons. The van der Waals surface area contributed by atoms with E-state index >= 15 is 0 Å². The molecule has 0 aliphatic heterocycles. The predicted molar refractivity (Wildman–Crippen MR) is 94.1 cm³/mol. The quantitative estimate of drug-likeness (QED) is 0.729. The van der Waals surface area contributed by atoms with Crippen molar-refractivity contribution in [1.82, 2.24) is 5.32 Å². The van der Waals surface area contributed by atoms with Crippen LogP contribution in [0.3, 0.4) is 0 Å². The molecule has 0 saturated heterocycles. The van der Waals surface area contributed by atoms with Crippen LogP contribution < -0.4 is 19.5 Å². The lowest BCUT2D eigenvalue weighted by molar-refractivity contribution is -0.122. The maximum atomic E-state index is 11.8. The van der Waals surface area contributed by atoms with E-state index in [1.54, 1.807) is 25.3 Å². The number of nitrogens with one attached hydrogen (secondary N) is 1. The van der Waals surface area contributed by atoms with Gasteiger partial charge in [-0.05, 0) is 29.8 Å². The maximum Gasteiger partial charge on any atom is 0.223 e. The van der Waals surface area contributed by atoms with Crippen molar-refractivity contribution in [2.75, 3.05) is 27.4 Å². The van der Waals surface area contributed by atoms with Crippen molar-refractivity contribution in [3.8, 4) is 17.2 Å². The van der Waals surface area contributed by atoms with Crippen molar-refractivity contribution in [2.24, 2.45) is 0 Å². The molecule has 134 valence electrons. The smallest absolute Gasteiger partial charge is 0.223 e. The Hall–Kier alpha value is -2.73. The van der Waals surface area contributed by atoms with Gasteiger partial charge in [0.05, 0.1) is 33.4 Å². The van der Waals surface area contributed by atoms with E-state index in [1.807, 2.05) is 30.3 Å². The lowest BCUT2D eigenvalue weighted by Crippen LogP contribution is -2.29. The van der Waals surface area contributed by atoms with Crippen molar-refractivity contribution in [3.05, 3.63) is 54.1 Å². The Labute approximate surface area is 147 Å². The Morgan fingerprint density at radius 1 is 1.08 bits per heavy atom. The predicted octanol–water partition coefficient (Wildman–Crippen LogP) is 2.32. The highest BCUT2D eigenvalue weighted by Gasteiger charge is 2.13. The third-order valence-electron chi connectivity index (χ3n) is 3.63. The van der Waals surface area contributed by atoms with Crippen LogP contribution in [0.5, 0.6) is 17.2 Å². The van der Waals surface area contributed by atoms with Crippen LogP contribution in [0, 0.1) is 0 Å². The van der Waals surface area contributed by atoms with Crippen molar-refractivity contribution >= 4 is 5.91 Å². The third-order valence-corrected chi connectivity index (χ3v) is 3.63. The molecular weight excluding hydrogens is 322 g/mol. The topological polar surface area (TPSA) is 77.0 Å². The van der Waals surface area contributed by atoms with Crippen LogP contribution in [0.1, 0.15) is 18.1 Å². The summed E-state index contributed by atoms with van der Waals surface area (Å²) in [5, 5.41) is 12.9. The Kier molecular flexibility index (Phi) is 7.10. The van der Waals surface area contributed by atoms with Gasteiger partial charge in [-0.2, -0.15) is 0 Å². The van der Waals surface area contributed by atoms with E-state index in [0.717, 1.165) is 5.75 Å². The largest absolute Gasteiger partial charge is 0.493 e. The molecule has 2 aromatic carbocycles. The van der Waals surface area contributed by atoms with Gasteiger partial charge in [0.1, 0.15) is 5.75 Å². The second-order valence-corrected chi connectivity index (χ2v) is 5.35. The zero-order valence-corrected chi connectivity index (χ0v) is 14.4. The van der Waals surface area contributed by atoms with Gasteiger partial charge in [0.15, 0.2) is 11.5 Å². The second kappa shape index (κ2) is 9.54. The summed E-state index contributed by atoms with van der Waals surface area (Å²) in [6, 6.07) is 14.4. The third kappa shape index (κ3) is 5.69. The number of hydrogen-bond acceptors (Lipinski definition) is 5. The summed E-state index contributed by atoms with van der Waals surface area (Å²) in [6.07, 6.45) is -0.619. The maximum absolute atomic E-state index is 11.8. The summed E-state index contributed by atoms with van der Waals surface area (Å²) < 4.78 is 15.8. The number of aliphatic hydroxyl groups is 1. The molecule has 1 unspecified atom stereocenters. The van der Waals surface area contributed by atoms with E-state index in [-0.39, 0.29) is 25.5 Å². The van der Waals surface area contributed by atoms with Crippen LogP contribution >= 0.6 is 0 Å². The summed E-state index contributed by atoms with van der Waals surface area (Å²) in [7, 11) is 3.08. The molecule has 2 aromatic rings. The number of aliphatic hydroxyl groups excluding tert-OH is 1. The number of rotatable bonds is 9. The first-order valence-electron chi connectivity index (χ1n) is 7.98. The molecule has 25 heavy (non-hydrogen) atoms. The highest BCUT2D eigenvalue weighted by atomic mass is 16.5. The van der Waals surface area contributed by atoms with E-state index in [2.05, 4.69) is 5.32 Å². The first-order chi connectivity index (χ1) is 12.1. The SMILES string of the molecule is COc1ccc(C(O)CNC(=O)CCOc2ccccc2)cc1OC. The highest BCUT2D eigenvalue weighted by Crippen LogP contribution is 2.29. The minimum atomic E-state index is -0.834. The molecule has 0 heterocycles. The Bertz CT molecular complexity index is 675. The lowest BCUT2D eigenvalue weighted by Gasteiger charge is -2.15. The number of carbonyl (C=O) groups is 1. The molecule has 0 bridgehead atoms. The molecule has 0 aromatic heterocycles. The summed E-state index contributed by atoms with van der Waals surface area (Å²) in [6.45, 7) is 0.391. The van der Waals surface area contributed by atoms with Gasteiger partial charge < -0.3 is 24.6 Å². The molecule has 1 atom stereocenters. The average Bonchev–Trinajstić information content (AvgIpc) is 2.66. The van der Waals surface area contributed by atoms with Crippen molar-refractivity contribution in [3.63, 3.8) is 0 Å². The number of methoxy groups -OCH3 is 2. The van der Waals surface area contributed by atoms with Gasteiger partial charge in [0.25, 0.3) is 0 Å². The molecular formula is C19H23NO5. The summed E-state index contributed by atoms with van der Waals surface area (Å²) in [5.41, 5.74) is 0.637. The summed E-state index contributed by atoms with van der Waals surface area (Å²) in [5.74, 6) is 1.65. The van der Waals surface area contributed by atoms with Gasteiger partial charge in [-0.3, -0.25) is 4.79 Å². The molecule has 2 rings (SSSR count). The Morgan fingerprint density at radius 3 is 2.48 bits per heavy atom. The molecule has 6 nitrogen and oxygen atoms in total. The van der Waals surface area contributed by atoms with E-state index in [4.69, 9.17) is 14.2 Å². The number of ether oxygens (including phenoxy) is 3. The van der Waals surface area contributed by atoms with Gasteiger partial charge in [0, 0.05) is 6.54 Å². The summed E-state index contributed by atoms with van der Waals surface area (Å²) in [4.78, 5) is 11.8. The zero-order chi connectivity index (χ0) is 18.1. The number of para-hydroxylation sites is 1. The molecule has 0 fully saturated rings. The van der Waals surface area contributed by atoms with E-state index in [1.165, 1.54) is 7.11 Å². The fourth-order valence-corrected chi connectivity index (χ4v) is 2.26. The Balaban J connectivity index is 1.77. The summed E-state index contributed by atoms with van der Waals surface area (Å²) >= 11 is 0. The zero-order valence-electron chi connectivity index (χ0n) is 14.4. The minimum absolute atomic E-state index is 0.111.